The zero-order valence-corrected chi connectivity index (χ0v) is 5.91. The van der Waals surface area contributed by atoms with Gasteiger partial charge in [-0.3, -0.25) is 0 Å². The van der Waals surface area contributed by atoms with Crippen molar-refractivity contribution in [3.8, 4) is 6.07 Å². The normalized spacial score (nSPS) is 8.00. The van der Waals surface area contributed by atoms with Gasteiger partial charge in [0.15, 0.2) is 0 Å². The third kappa shape index (κ3) is 5.19. The fraction of sp³-hybridized carbons (Fsp3) is 0.500. The number of hydrogen-bond donors (Lipinski definition) is 1. The highest BCUT2D eigenvalue weighted by Crippen LogP contribution is 1.86. The van der Waals surface area contributed by atoms with Gasteiger partial charge in [-0.2, -0.15) is 5.26 Å². The molecule has 0 fully saturated rings. The molecule has 0 aromatic rings. The fourth-order valence-corrected chi connectivity index (χ4v) is 0.437. The standard InChI is InChI=1S/C6H9ClN2/c1-6(5-7)9-4-2-3-8/h9H,1-2,4-5H2. The number of halogens is 1. The number of nitrogens with zero attached hydrogens (tertiary/aromatic N) is 1. The summed E-state index contributed by atoms with van der Waals surface area (Å²) in [7, 11) is 0. The number of rotatable bonds is 4. The lowest BCUT2D eigenvalue weighted by Gasteiger charge is -2.01. The predicted molar refractivity (Wildman–Crippen MR) is 38.1 cm³/mol. The van der Waals surface area contributed by atoms with E-state index in [2.05, 4.69) is 11.9 Å². The molecule has 9 heavy (non-hydrogen) atoms. The van der Waals surface area contributed by atoms with E-state index in [0.29, 0.717) is 18.8 Å². The Morgan fingerprint density at radius 3 is 2.89 bits per heavy atom. The molecule has 0 heterocycles. The van der Waals surface area contributed by atoms with Gasteiger partial charge in [0.2, 0.25) is 0 Å². The summed E-state index contributed by atoms with van der Waals surface area (Å²) >= 11 is 5.39. The van der Waals surface area contributed by atoms with Crippen molar-refractivity contribution in [3.05, 3.63) is 12.3 Å². The lowest BCUT2D eigenvalue weighted by molar-refractivity contribution is 0.814. The van der Waals surface area contributed by atoms with Crippen LogP contribution in [0.2, 0.25) is 0 Å². The van der Waals surface area contributed by atoms with Crippen LogP contribution in [0.3, 0.4) is 0 Å². The van der Waals surface area contributed by atoms with E-state index in [-0.39, 0.29) is 0 Å². The maximum atomic E-state index is 8.10. The number of nitrogens with one attached hydrogen (secondary N) is 1. The van der Waals surface area contributed by atoms with Crippen molar-refractivity contribution in [1.29, 1.82) is 5.26 Å². The molecule has 0 amide bonds. The first-order valence-corrected chi connectivity index (χ1v) is 3.19. The van der Waals surface area contributed by atoms with Crippen molar-refractivity contribution in [2.45, 2.75) is 6.42 Å². The molecule has 0 rings (SSSR count). The molecule has 0 atom stereocenters. The number of nitriles is 1. The molecule has 0 saturated heterocycles. The van der Waals surface area contributed by atoms with Crippen LogP contribution in [-0.2, 0) is 0 Å². The van der Waals surface area contributed by atoms with E-state index in [0.717, 1.165) is 5.70 Å². The van der Waals surface area contributed by atoms with Gasteiger partial charge in [-0.25, -0.2) is 0 Å². The minimum atomic E-state index is 0.408. The van der Waals surface area contributed by atoms with Crippen molar-refractivity contribution >= 4 is 11.6 Å². The molecule has 0 aromatic heterocycles. The topological polar surface area (TPSA) is 35.8 Å². The second-order valence-electron chi connectivity index (χ2n) is 1.57. The minimum Gasteiger partial charge on any atom is -0.387 e. The van der Waals surface area contributed by atoms with E-state index < -0.39 is 0 Å². The molecule has 0 aliphatic heterocycles. The number of alkyl halides is 1. The lowest BCUT2D eigenvalue weighted by Crippen LogP contribution is -2.13. The fourth-order valence-electron chi connectivity index (χ4n) is 0.342. The summed E-state index contributed by atoms with van der Waals surface area (Å²) in [6.45, 7) is 4.23. The van der Waals surface area contributed by atoms with E-state index in [4.69, 9.17) is 16.9 Å². The van der Waals surface area contributed by atoms with Gasteiger partial charge < -0.3 is 5.32 Å². The monoisotopic (exact) mass is 144 g/mol. The first-order valence-electron chi connectivity index (χ1n) is 2.66. The Morgan fingerprint density at radius 1 is 1.78 bits per heavy atom. The van der Waals surface area contributed by atoms with Crippen LogP contribution in [-0.4, -0.2) is 12.4 Å². The summed E-state index contributed by atoms with van der Waals surface area (Å²) < 4.78 is 0. The van der Waals surface area contributed by atoms with Crippen molar-refractivity contribution < 1.29 is 0 Å². The Kier molecular flexibility index (Phi) is 5.04. The van der Waals surface area contributed by atoms with Gasteiger partial charge >= 0.3 is 0 Å². The molecular weight excluding hydrogens is 136 g/mol. The molecule has 0 unspecified atom stereocenters. The first kappa shape index (κ1) is 8.32. The van der Waals surface area contributed by atoms with Gasteiger partial charge in [0.1, 0.15) is 0 Å². The molecule has 0 spiro atoms. The average molecular weight is 145 g/mol. The van der Waals surface area contributed by atoms with Crippen LogP contribution in [0.4, 0.5) is 0 Å². The number of allylic oxidation sites excluding steroid dienone is 1. The number of hydrogen-bond acceptors (Lipinski definition) is 2. The Balaban J connectivity index is 3.09. The molecule has 0 bridgehead atoms. The lowest BCUT2D eigenvalue weighted by atomic mass is 10.4. The molecule has 0 aromatic carbocycles. The smallest absolute Gasteiger partial charge is 0.0640 e. The molecule has 0 aliphatic carbocycles. The first-order chi connectivity index (χ1) is 4.31. The average Bonchev–Trinajstić information content (AvgIpc) is 1.89. The van der Waals surface area contributed by atoms with Crippen LogP contribution in [0.15, 0.2) is 12.3 Å². The molecular formula is C6H9ClN2. The van der Waals surface area contributed by atoms with E-state index in [9.17, 15) is 0 Å². The maximum Gasteiger partial charge on any atom is 0.0640 e. The van der Waals surface area contributed by atoms with Gasteiger partial charge in [0.05, 0.1) is 18.4 Å². The zero-order valence-electron chi connectivity index (χ0n) is 5.15. The Morgan fingerprint density at radius 2 is 2.44 bits per heavy atom. The molecule has 50 valence electrons. The highest BCUT2D eigenvalue weighted by Gasteiger charge is 1.86. The van der Waals surface area contributed by atoms with Gasteiger partial charge in [-0.05, 0) is 0 Å². The zero-order chi connectivity index (χ0) is 7.11. The minimum absolute atomic E-state index is 0.408. The van der Waals surface area contributed by atoms with Crippen molar-refractivity contribution in [3.63, 3.8) is 0 Å². The molecule has 1 N–H and O–H groups in total. The summed E-state index contributed by atoms with van der Waals surface area (Å²) in [5.74, 6) is 0.408. The summed E-state index contributed by atoms with van der Waals surface area (Å²) in [4.78, 5) is 0. The van der Waals surface area contributed by atoms with Crippen LogP contribution in [0, 0.1) is 11.3 Å². The van der Waals surface area contributed by atoms with Crippen molar-refractivity contribution in [1.82, 2.24) is 5.32 Å². The van der Waals surface area contributed by atoms with E-state index >= 15 is 0 Å². The highest BCUT2D eigenvalue weighted by molar-refractivity contribution is 6.19. The molecule has 0 aliphatic rings. The Bertz CT molecular complexity index is 126. The van der Waals surface area contributed by atoms with Gasteiger partial charge in [0, 0.05) is 12.2 Å². The van der Waals surface area contributed by atoms with Gasteiger partial charge in [-0.1, -0.05) is 6.58 Å². The van der Waals surface area contributed by atoms with Crippen LogP contribution in [0.5, 0.6) is 0 Å². The molecule has 2 nitrogen and oxygen atoms in total. The summed E-state index contributed by atoms with van der Waals surface area (Å²) in [6.07, 6.45) is 0.496. The summed E-state index contributed by atoms with van der Waals surface area (Å²) in [6, 6.07) is 2.00. The summed E-state index contributed by atoms with van der Waals surface area (Å²) in [5, 5.41) is 11.0. The second kappa shape index (κ2) is 5.46. The molecule has 0 saturated carbocycles. The van der Waals surface area contributed by atoms with E-state index in [1.807, 2.05) is 6.07 Å². The van der Waals surface area contributed by atoms with Gasteiger partial charge in [-0.15, -0.1) is 11.6 Å². The highest BCUT2D eigenvalue weighted by atomic mass is 35.5. The third-order valence-corrected chi connectivity index (χ3v) is 1.10. The quantitative estimate of drug-likeness (QED) is 0.476. The molecule has 3 heteroatoms. The largest absolute Gasteiger partial charge is 0.387 e. The SMILES string of the molecule is C=C(CCl)NCCC#N. The third-order valence-electron chi connectivity index (χ3n) is 0.773. The van der Waals surface area contributed by atoms with Gasteiger partial charge in [0.25, 0.3) is 0 Å². The van der Waals surface area contributed by atoms with Crippen LogP contribution in [0.1, 0.15) is 6.42 Å². The van der Waals surface area contributed by atoms with Crippen LogP contribution in [0.25, 0.3) is 0 Å². The van der Waals surface area contributed by atoms with E-state index in [1.165, 1.54) is 0 Å². The predicted octanol–water partition coefficient (Wildman–Crippen LogP) is 1.24. The van der Waals surface area contributed by atoms with E-state index in [1.54, 1.807) is 0 Å². The molecule has 0 radical (unpaired) electrons. The second-order valence-corrected chi connectivity index (χ2v) is 1.84. The van der Waals surface area contributed by atoms with Crippen LogP contribution >= 0.6 is 11.6 Å². The van der Waals surface area contributed by atoms with Crippen molar-refractivity contribution in [2.24, 2.45) is 0 Å². The summed E-state index contributed by atoms with van der Waals surface area (Å²) in [5.41, 5.74) is 0.770. The van der Waals surface area contributed by atoms with Crippen LogP contribution < -0.4 is 5.32 Å². The maximum absolute atomic E-state index is 8.10. The Labute approximate surface area is 60.1 Å². The van der Waals surface area contributed by atoms with Crippen molar-refractivity contribution in [2.75, 3.05) is 12.4 Å². The Hall–Kier alpha value is -0.680.